The van der Waals surface area contributed by atoms with Crippen molar-refractivity contribution in [1.82, 2.24) is 10.2 Å². The number of H-pyrrole nitrogens is 1. The maximum Gasteiger partial charge on any atom is 0.272 e. The van der Waals surface area contributed by atoms with Crippen molar-refractivity contribution < 1.29 is 5.11 Å². The van der Waals surface area contributed by atoms with Crippen molar-refractivity contribution in [2.45, 2.75) is 13.0 Å². The summed E-state index contributed by atoms with van der Waals surface area (Å²) in [4.78, 5) is 11.5. The molecule has 0 fully saturated rings. The highest BCUT2D eigenvalue weighted by atomic mass is 16.3. The lowest BCUT2D eigenvalue weighted by molar-refractivity contribution is 0.208. The van der Waals surface area contributed by atoms with Gasteiger partial charge in [0.1, 0.15) is 0 Å². The molecule has 0 aliphatic carbocycles. The van der Waals surface area contributed by atoms with E-state index in [0.29, 0.717) is 17.7 Å². The molecule has 16 heavy (non-hydrogen) atoms. The quantitative estimate of drug-likeness (QED) is 0.710. The second-order valence-corrected chi connectivity index (χ2v) is 3.68. The van der Waals surface area contributed by atoms with Gasteiger partial charge in [-0.05, 0) is 13.0 Å². The zero-order valence-corrected chi connectivity index (χ0v) is 8.90. The van der Waals surface area contributed by atoms with E-state index in [4.69, 9.17) is 0 Å². The highest BCUT2D eigenvalue weighted by molar-refractivity contribution is 5.90. The standard InChI is InChI=1S/C11H13N3O2/c1-7(15)6-12-10-8-4-2-3-5-9(8)11(16)14-13-10/h2-5,7,15H,6H2,1H3,(H,12,13)(H,14,16)/t7-/m1/s1. The van der Waals surface area contributed by atoms with Crippen LogP contribution in [0.3, 0.4) is 0 Å². The Labute approximate surface area is 92.1 Å². The van der Waals surface area contributed by atoms with Gasteiger partial charge in [0.05, 0.1) is 11.5 Å². The molecule has 3 N–H and O–H groups in total. The molecular formula is C11H13N3O2. The van der Waals surface area contributed by atoms with Crippen molar-refractivity contribution in [1.29, 1.82) is 0 Å². The molecule has 0 saturated heterocycles. The average Bonchev–Trinajstić information content (AvgIpc) is 2.28. The van der Waals surface area contributed by atoms with Gasteiger partial charge in [0, 0.05) is 11.9 Å². The summed E-state index contributed by atoms with van der Waals surface area (Å²) in [7, 11) is 0. The number of hydrogen-bond acceptors (Lipinski definition) is 4. The van der Waals surface area contributed by atoms with E-state index in [2.05, 4.69) is 15.5 Å². The summed E-state index contributed by atoms with van der Waals surface area (Å²) in [5.41, 5.74) is -0.210. The first-order valence-electron chi connectivity index (χ1n) is 5.08. The summed E-state index contributed by atoms with van der Waals surface area (Å²) in [6.45, 7) is 2.07. The van der Waals surface area contributed by atoms with Crippen LogP contribution < -0.4 is 10.9 Å². The summed E-state index contributed by atoms with van der Waals surface area (Å²) in [6, 6.07) is 7.21. The van der Waals surface area contributed by atoms with Crippen LogP contribution >= 0.6 is 0 Å². The number of aliphatic hydroxyl groups excluding tert-OH is 1. The third kappa shape index (κ3) is 2.04. The van der Waals surface area contributed by atoms with E-state index >= 15 is 0 Å². The molecule has 2 aromatic rings. The topological polar surface area (TPSA) is 78.0 Å². The predicted octanol–water partition coefficient (Wildman–Crippen LogP) is 0.716. The second-order valence-electron chi connectivity index (χ2n) is 3.68. The number of nitrogens with one attached hydrogen (secondary N) is 2. The molecule has 5 nitrogen and oxygen atoms in total. The Hall–Kier alpha value is -1.88. The molecular weight excluding hydrogens is 206 g/mol. The smallest absolute Gasteiger partial charge is 0.272 e. The number of anilines is 1. The van der Waals surface area contributed by atoms with Crippen LogP contribution in [0.2, 0.25) is 0 Å². The molecule has 0 aliphatic rings. The van der Waals surface area contributed by atoms with Crippen LogP contribution in [0.25, 0.3) is 10.8 Å². The van der Waals surface area contributed by atoms with E-state index < -0.39 is 6.10 Å². The minimum atomic E-state index is -0.465. The number of fused-ring (bicyclic) bond motifs is 1. The van der Waals surface area contributed by atoms with Crippen LogP contribution in [0.5, 0.6) is 0 Å². The first-order chi connectivity index (χ1) is 7.68. The van der Waals surface area contributed by atoms with E-state index in [-0.39, 0.29) is 5.56 Å². The Bertz CT molecular complexity index is 548. The highest BCUT2D eigenvalue weighted by Gasteiger charge is 2.05. The molecule has 0 saturated carbocycles. The van der Waals surface area contributed by atoms with Crippen LogP contribution in [0.15, 0.2) is 29.1 Å². The van der Waals surface area contributed by atoms with Crippen molar-refractivity contribution >= 4 is 16.6 Å². The average molecular weight is 219 g/mol. The van der Waals surface area contributed by atoms with Crippen LogP contribution in [-0.2, 0) is 0 Å². The van der Waals surface area contributed by atoms with Crippen LogP contribution in [-0.4, -0.2) is 28.0 Å². The summed E-state index contributed by atoms with van der Waals surface area (Å²) in [5.74, 6) is 0.580. The molecule has 0 unspecified atom stereocenters. The largest absolute Gasteiger partial charge is 0.392 e. The van der Waals surface area contributed by atoms with Gasteiger partial charge in [-0.2, -0.15) is 5.10 Å². The van der Waals surface area contributed by atoms with E-state index in [1.165, 1.54) is 0 Å². The van der Waals surface area contributed by atoms with Gasteiger partial charge < -0.3 is 10.4 Å². The van der Waals surface area contributed by atoms with Gasteiger partial charge in [0.2, 0.25) is 0 Å². The van der Waals surface area contributed by atoms with Gasteiger partial charge in [-0.25, -0.2) is 5.10 Å². The van der Waals surface area contributed by atoms with Gasteiger partial charge in [-0.3, -0.25) is 4.79 Å². The zero-order valence-electron chi connectivity index (χ0n) is 8.90. The fourth-order valence-electron chi connectivity index (χ4n) is 1.49. The minimum Gasteiger partial charge on any atom is -0.392 e. The maximum absolute atomic E-state index is 11.5. The number of rotatable bonds is 3. The molecule has 5 heteroatoms. The number of aromatic nitrogens is 2. The van der Waals surface area contributed by atoms with Crippen molar-refractivity contribution in [3.8, 4) is 0 Å². The van der Waals surface area contributed by atoms with Crippen LogP contribution in [0.4, 0.5) is 5.82 Å². The summed E-state index contributed by atoms with van der Waals surface area (Å²) in [5, 5.41) is 19.8. The van der Waals surface area contributed by atoms with Crippen molar-refractivity contribution in [3.63, 3.8) is 0 Å². The lowest BCUT2D eigenvalue weighted by Gasteiger charge is -2.09. The lowest BCUT2D eigenvalue weighted by Crippen LogP contribution is -2.18. The van der Waals surface area contributed by atoms with Gasteiger partial charge >= 0.3 is 0 Å². The van der Waals surface area contributed by atoms with Gasteiger partial charge in [0.25, 0.3) is 5.56 Å². The third-order valence-corrected chi connectivity index (χ3v) is 2.26. The molecule has 0 spiro atoms. The van der Waals surface area contributed by atoms with Gasteiger partial charge in [-0.1, -0.05) is 18.2 Å². The first kappa shape index (κ1) is 10.6. The second kappa shape index (κ2) is 4.32. The molecule has 0 bridgehead atoms. The van der Waals surface area contributed by atoms with Crippen molar-refractivity contribution in [2.24, 2.45) is 0 Å². The predicted molar refractivity (Wildman–Crippen MR) is 62.5 cm³/mol. The normalized spacial score (nSPS) is 12.6. The number of aliphatic hydroxyl groups is 1. The Morgan fingerprint density at radius 3 is 2.81 bits per heavy atom. The summed E-state index contributed by atoms with van der Waals surface area (Å²) in [6.07, 6.45) is -0.465. The molecule has 1 aromatic carbocycles. The molecule has 1 heterocycles. The summed E-state index contributed by atoms with van der Waals surface area (Å²) >= 11 is 0. The highest BCUT2D eigenvalue weighted by Crippen LogP contribution is 2.16. The molecule has 1 atom stereocenters. The van der Waals surface area contributed by atoms with E-state index in [9.17, 15) is 9.90 Å². The Morgan fingerprint density at radius 2 is 2.12 bits per heavy atom. The van der Waals surface area contributed by atoms with Crippen molar-refractivity contribution in [3.05, 3.63) is 34.6 Å². The summed E-state index contributed by atoms with van der Waals surface area (Å²) < 4.78 is 0. The molecule has 0 amide bonds. The number of benzene rings is 1. The number of hydrogen-bond donors (Lipinski definition) is 3. The van der Waals surface area contributed by atoms with E-state index in [1.807, 2.05) is 12.1 Å². The molecule has 2 rings (SSSR count). The van der Waals surface area contributed by atoms with Gasteiger partial charge in [0.15, 0.2) is 5.82 Å². The van der Waals surface area contributed by atoms with E-state index in [1.54, 1.807) is 19.1 Å². The fraction of sp³-hybridized carbons (Fsp3) is 0.273. The third-order valence-electron chi connectivity index (χ3n) is 2.26. The maximum atomic E-state index is 11.5. The first-order valence-corrected chi connectivity index (χ1v) is 5.08. The van der Waals surface area contributed by atoms with Gasteiger partial charge in [-0.15, -0.1) is 0 Å². The lowest BCUT2D eigenvalue weighted by atomic mass is 10.2. The number of aromatic amines is 1. The van der Waals surface area contributed by atoms with Crippen LogP contribution in [0.1, 0.15) is 6.92 Å². The minimum absolute atomic E-state index is 0.210. The number of nitrogens with zero attached hydrogens (tertiary/aromatic N) is 1. The SMILES string of the molecule is C[C@@H](O)CNc1n[nH]c(=O)c2ccccc12. The molecule has 1 aromatic heterocycles. The Kier molecular flexibility index (Phi) is 2.87. The fourth-order valence-corrected chi connectivity index (χ4v) is 1.49. The van der Waals surface area contributed by atoms with Crippen molar-refractivity contribution in [2.75, 3.05) is 11.9 Å². The Balaban J connectivity index is 2.46. The molecule has 84 valence electrons. The molecule has 0 radical (unpaired) electrons. The molecule has 0 aliphatic heterocycles. The Morgan fingerprint density at radius 1 is 1.44 bits per heavy atom. The zero-order chi connectivity index (χ0) is 11.5. The van der Waals surface area contributed by atoms with E-state index in [0.717, 1.165) is 5.39 Å². The van der Waals surface area contributed by atoms with Crippen LogP contribution in [0, 0.1) is 0 Å². The monoisotopic (exact) mass is 219 g/mol.